The van der Waals surface area contributed by atoms with E-state index in [0.29, 0.717) is 21.8 Å². The molecule has 23 heavy (non-hydrogen) atoms. The number of nitrogens with zero attached hydrogens (tertiary/aromatic N) is 6. The largest absolute Gasteiger partial charge is 0.279 e. The van der Waals surface area contributed by atoms with Crippen molar-refractivity contribution in [2.24, 2.45) is 0 Å². The molecule has 0 fully saturated rings. The average Bonchev–Trinajstić information content (AvgIpc) is 2.60. The summed E-state index contributed by atoms with van der Waals surface area (Å²) in [5, 5.41) is 16.5. The van der Waals surface area contributed by atoms with Gasteiger partial charge in [0.2, 0.25) is 0 Å². The lowest BCUT2D eigenvalue weighted by Crippen LogP contribution is -2.34. The van der Waals surface area contributed by atoms with Crippen LogP contribution in [0.15, 0.2) is 58.1 Å². The highest BCUT2D eigenvalue weighted by atomic mass is 16.1. The van der Waals surface area contributed by atoms with Crippen LogP contribution in [0.3, 0.4) is 0 Å². The minimum atomic E-state index is -0.336. The molecule has 0 unspecified atom stereocenters. The fourth-order valence-electron chi connectivity index (χ4n) is 2.36. The number of fused-ring (bicyclic) bond motifs is 2. The van der Waals surface area contributed by atoms with Crippen LogP contribution in [0, 0.1) is 0 Å². The Labute approximate surface area is 128 Å². The SMILES string of the molecule is O=c1c2ccccc2nnn1Cn1nnc2ccccc2c1=O. The van der Waals surface area contributed by atoms with Crippen molar-refractivity contribution in [3.05, 3.63) is 69.2 Å². The second-order valence-corrected chi connectivity index (χ2v) is 4.96. The summed E-state index contributed by atoms with van der Waals surface area (Å²) in [5.74, 6) is 0. The standard InChI is InChI=1S/C15H10N6O2/c22-14-10-5-1-3-7-12(10)16-18-20(14)9-21-15(23)11-6-2-4-8-13(11)17-19-21/h1-8H,9H2. The number of hydrogen-bond donors (Lipinski definition) is 0. The third-order valence-electron chi connectivity index (χ3n) is 3.53. The van der Waals surface area contributed by atoms with Crippen molar-refractivity contribution in [3.8, 4) is 0 Å². The third-order valence-corrected chi connectivity index (χ3v) is 3.53. The molecule has 2 aromatic heterocycles. The molecule has 4 aromatic rings. The molecule has 0 spiro atoms. The van der Waals surface area contributed by atoms with Crippen LogP contribution in [0.4, 0.5) is 0 Å². The summed E-state index contributed by atoms with van der Waals surface area (Å²) in [6.07, 6.45) is 0. The van der Waals surface area contributed by atoms with E-state index in [2.05, 4.69) is 20.6 Å². The highest BCUT2D eigenvalue weighted by Gasteiger charge is 2.09. The summed E-state index contributed by atoms with van der Waals surface area (Å²) >= 11 is 0. The minimum absolute atomic E-state index is 0.146. The van der Waals surface area contributed by atoms with E-state index in [-0.39, 0.29) is 17.8 Å². The van der Waals surface area contributed by atoms with E-state index in [0.717, 1.165) is 9.36 Å². The molecule has 2 aromatic carbocycles. The van der Waals surface area contributed by atoms with Crippen LogP contribution in [0.1, 0.15) is 0 Å². The lowest BCUT2D eigenvalue weighted by Gasteiger charge is -2.06. The van der Waals surface area contributed by atoms with E-state index in [4.69, 9.17) is 0 Å². The van der Waals surface area contributed by atoms with Crippen molar-refractivity contribution in [1.82, 2.24) is 30.0 Å². The maximum Gasteiger partial charge on any atom is 0.279 e. The Hall–Kier alpha value is -3.42. The zero-order chi connectivity index (χ0) is 15.8. The molecule has 0 saturated carbocycles. The molecule has 0 N–H and O–H groups in total. The molecule has 8 heteroatoms. The number of rotatable bonds is 2. The highest BCUT2D eigenvalue weighted by molar-refractivity contribution is 5.77. The summed E-state index contributed by atoms with van der Waals surface area (Å²) in [5.41, 5.74) is 0.339. The van der Waals surface area contributed by atoms with E-state index in [9.17, 15) is 9.59 Å². The summed E-state index contributed by atoms with van der Waals surface area (Å²) in [7, 11) is 0. The van der Waals surface area contributed by atoms with E-state index in [1.807, 2.05) is 0 Å². The van der Waals surface area contributed by atoms with E-state index in [1.165, 1.54) is 0 Å². The van der Waals surface area contributed by atoms with Crippen LogP contribution in [-0.2, 0) is 6.67 Å². The number of benzene rings is 2. The number of hydrogen-bond acceptors (Lipinski definition) is 6. The fourth-order valence-corrected chi connectivity index (χ4v) is 2.36. The summed E-state index contributed by atoms with van der Waals surface area (Å²) in [6.45, 7) is -0.146. The van der Waals surface area contributed by atoms with Gasteiger partial charge in [0.1, 0.15) is 17.7 Å². The number of aromatic nitrogens is 6. The Balaban J connectivity index is 1.85. The van der Waals surface area contributed by atoms with Crippen LogP contribution in [0.2, 0.25) is 0 Å². The maximum absolute atomic E-state index is 12.4. The van der Waals surface area contributed by atoms with Gasteiger partial charge in [-0.15, -0.1) is 10.2 Å². The van der Waals surface area contributed by atoms with Crippen LogP contribution in [0.25, 0.3) is 21.8 Å². The molecule has 4 rings (SSSR count). The molecular formula is C15H10N6O2. The van der Waals surface area contributed by atoms with E-state index < -0.39 is 0 Å². The summed E-state index contributed by atoms with van der Waals surface area (Å²) < 4.78 is 2.18. The minimum Gasteiger partial charge on any atom is -0.267 e. The molecule has 0 bridgehead atoms. The van der Waals surface area contributed by atoms with Crippen molar-refractivity contribution in [2.45, 2.75) is 6.67 Å². The molecule has 2 heterocycles. The van der Waals surface area contributed by atoms with Gasteiger partial charge in [0.05, 0.1) is 10.8 Å². The highest BCUT2D eigenvalue weighted by Crippen LogP contribution is 2.04. The van der Waals surface area contributed by atoms with Gasteiger partial charge in [-0.05, 0) is 24.3 Å². The van der Waals surface area contributed by atoms with Gasteiger partial charge in [-0.3, -0.25) is 9.59 Å². The Morgan fingerprint density at radius 1 is 0.696 bits per heavy atom. The lowest BCUT2D eigenvalue weighted by molar-refractivity contribution is 0.436. The second kappa shape index (κ2) is 5.09. The molecule has 0 radical (unpaired) electrons. The topological polar surface area (TPSA) is 95.6 Å². The predicted molar refractivity (Wildman–Crippen MR) is 83.0 cm³/mol. The van der Waals surface area contributed by atoms with Gasteiger partial charge < -0.3 is 0 Å². The second-order valence-electron chi connectivity index (χ2n) is 4.96. The Kier molecular flexibility index (Phi) is 2.94. The van der Waals surface area contributed by atoms with Gasteiger partial charge in [0.25, 0.3) is 11.1 Å². The van der Waals surface area contributed by atoms with Crippen LogP contribution in [-0.4, -0.2) is 30.0 Å². The zero-order valence-electron chi connectivity index (χ0n) is 11.8. The molecule has 0 atom stereocenters. The van der Waals surface area contributed by atoms with E-state index >= 15 is 0 Å². The Morgan fingerprint density at radius 3 is 1.61 bits per heavy atom. The quantitative estimate of drug-likeness (QED) is 0.532. The van der Waals surface area contributed by atoms with Gasteiger partial charge in [-0.2, -0.15) is 9.36 Å². The van der Waals surface area contributed by atoms with Crippen molar-refractivity contribution in [1.29, 1.82) is 0 Å². The molecule has 0 aliphatic rings. The van der Waals surface area contributed by atoms with Gasteiger partial charge >= 0.3 is 0 Å². The average molecular weight is 306 g/mol. The smallest absolute Gasteiger partial charge is 0.267 e. The monoisotopic (exact) mass is 306 g/mol. The fraction of sp³-hybridized carbons (Fsp3) is 0.0667. The van der Waals surface area contributed by atoms with Crippen molar-refractivity contribution in [3.63, 3.8) is 0 Å². The molecule has 112 valence electrons. The molecule has 0 saturated heterocycles. The predicted octanol–water partition coefficient (Wildman–Crippen LogP) is 0.402. The lowest BCUT2D eigenvalue weighted by atomic mass is 10.2. The third kappa shape index (κ3) is 2.16. The van der Waals surface area contributed by atoms with Crippen molar-refractivity contribution in [2.75, 3.05) is 0 Å². The summed E-state index contributed by atoms with van der Waals surface area (Å²) in [4.78, 5) is 24.8. The van der Waals surface area contributed by atoms with E-state index in [1.54, 1.807) is 48.5 Å². The Bertz CT molecular complexity index is 1060. The van der Waals surface area contributed by atoms with Gasteiger partial charge in [0.15, 0.2) is 0 Å². The molecule has 8 nitrogen and oxygen atoms in total. The van der Waals surface area contributed by atoms with Gasteiger partial charge in [-0.1, -0.05) is 34.7 Å². The van der Waals surface area contributed by atoms with Gasteiger partial charge in [-0.25, -0.2) is 0 Å². The molecule has 0 aliphatic carbocycles. The first-order valence-electron chi connectivity index (χ1n) is 6.89. The summed E-state index contributed by atoms with van der Waals surface area (Å²) in [6, 6.07) is 13.8. The van der Waals surface area contributed by atoms with Crippen molar-refractivity contribution >= 4 is 21.8 Å². The zero-order valence-corrected chi connectivity index (χ0v) is 11.8. The maximum atomic E-state index is 12.4. The van der Waals surface area contributed by atoms with Crippen LogP contribution in [0.5, 0.6) is 0 Å². The van der Waals surface area contributed by atoms with Gasteiger partial charge in [0, 0.05) is 0 Å². The normalized spacial score (nSPS) is 11.1. The Morgan fingerprint density at radius 2 is 1.13 bits per heavy atom. The molecular weight excluding hydrogens is 296 g/mol. The first-order valence-corrected chi connectivity index (χ1v) is 6.89. The molecule has 0 aliphatic heterocycles. The first-order chi connectivity index (χ1) is 11.2. The van der Waals surface area contributed by atoms with Crippen LogP contribution >= 0.6 is 0 Å². The molecule has 0 amide bonds. The first kappa shape index (κ1) is 13.3. The van der Waals surface area contributed by atoms with Crippen molar-refractivity contribution < 1.29 is 0 Å². The van der Waals surface area contributed by atoms with Crippen LogP contribution < -0.4 is 11.1 Å².